The van der Waals surface area contributed by atoms with Gasteiger partial charge in [0.2, 0.25) is 10.0 Å². The second-order valence-electron chi connectivity index (χ2n) is 4.78. The summed E-state index contributed by atoms with van der Waals surface area (Å²) in [6.45, 7) is 2.26. The molecule has 0 radical (unpaired) electrons. The van der Waals surface area contributed by atoms with E-state index >= 15 is 0 Å². The van der Waals surface area contributed by atoms with Gasteiger partial charge in [-0.3, -0.25) is 10.1 Å². The summed E-state index contributed by atoms with van der Waals surface area (Å²) in [5.74, 6) is 0. The van der Waals surface area contributed by atoms with Gasteiger partial charge in [-0.05, 0) is 25.8 Å². The van der Waals surface area contributed by atoms with E-state index < -0.39 is 14.9 Å². The van der Waals surface area contributed by atoms with Gasteiger partial charge in [0.1, 0.15) is 0 Å². The highest BCUT2D eigenvalue weighted by Crippen LogP contribution is 2.24. The lowest BCUT2D eigenvalue weighted by Gasteiger charge is -2.09. The van der Waals surface area contributed by atoms with E-state index in [0.29, 0.717) is 12.6 Å². The van der Waals surface area contributed by atoms with E-state index in [0.717, 1.165) is 12.8 Å². The topological polar surface area (TPSA) is 101 Å². The molecule has 0 saturated heterocycles. The van der Waals surface area contributed by atoms with Crippen LogP contribution in [0.3, 0.4) is 0 Å². The Labute approximate surface area is 117 Å². The van der Waals surface area contributed by atoms with E-state index in [2.05, 4.69) is 10.0 Å². The molecule has 0 heterocycles. The van der Waals surface area contributed by atoms with Crippen LogP contribution >= 0.6 is 0 Å². The van der Waals surface area contributed by atoms with Crippen molar-refractivity contribution in [1.29, 1.82) is 0 Å². The quantitative estimate of drug-likeness (QED) is 0.443. The van der Waals surface area contributed by atoms with Gasteiger partial charge in [0, 0.05) is 30.8 Å². The Bertz CT molecular complexity index is 611. The SMILES string of the molecule is Cc1c([N+](=O)[O-])cccc1S(=O)(=O)NCCNC1CC1. The average molecular weight is 299 g/mol. The van der Waals surface area contributed by atoms with Crippen LogP contribution < -0.4 is 10.0 Å². The molecule has 7 nitrogen and oxygen atoms in total. The summed E-state index contributed by atoms with van der Waals surface area (Å²) in [5.41, 5.74) is -0.0378. The molecule has 8 heteroatoms. The molecule has 1 aromatic carbocycles. The molecule has 0 amide bonds. The third-order valence-corrected chi connectivity index (χ3v) is 4.77. The van der Waals surface area contributed by atoms with Crippen LogP contribution in [0.1, 0.15) is 18.4 Å². The molecule has 2 rings (SSSR count). The first kappa shape index (κ1) is 14.9. The summed E-state index contributed by atoms with van der Waals surface area (Å²) in [6.07, 6.45) is 2.27. The normalized spacial score (nSPS) is 15.2. The zero-order valence-electron chi connectivity index (χ0n) is 11.1. The number of hydrogen-bond acceptors (Lipinski definition) is 5. The third kappa shape index (κ3) is 3.53. The van der Waals surface area contributed by atoms with E-state index in [1.807, 2.05) is 0 Å². The van der Waals surface area contributed by atoms with Gasteiger partial charge in [0.05, 0.1) is 9.82 Å². The van der Waals surface area contributed by atoms with Crippen molar-refractivity contribution in [3.63, 3.8) is 0 Å². The Morgan fingerprint density at radius 3 is 2.65 bits per heavy atom. The second-order valence-corrected chi connectivity index (χ2v) is 6.52. The fraction of sp³-hybridized carbons (Fsp3) is 0.500. The molecule has 1 aliphatic carbocycles. The maximum atomic E-state index is 12.1. The van der Waals surface area contributed by atoms with Crippen LogP contribution in [0.5, 0.6) is 0 Å². The summed E-state index contributed by atoms with van der Waals surface area (Å²) >= 11 is 0. The minimum atomic E-state index is -3.72. The van der Waals surface area contributed by atoms with Crippen LogP contribution in [0.2, 0.25) is 0 Å². The first-order valence-electron chi connectivity index (χ1n) is 6.39. The standard InChI is InChI=1S/C12H17N3O4S/c1-9-11(15(16)17)3-2-4-12(9)20(18,19)14-8-7-13-10-5-6-10/h2-4,10,13-14H,5-8H2,1H3. The predicted molar refractivity (Wildman–Crippen MR) is 74.0 cm³/mol. The smallest absolute Gasteiger partial charge is 0.273 e. The molecule has 110 valence electrons. The third-order valence-electron chi connectivity index (χ3n) is 3.17. The number of nitro benzene ring substituents is 1. The van der Waals surface area contributed by atoms with Gasteiger partial charge in [-0.25, -0.2) is 13.1 Å². The van der Waals surface area contributed by atoms with Crippen LogP contribution in [-0.4, -0.2) is 32.5 Å². The molecular formula is C12H17N3O4S. The zero-order valence-corrected chi connectivity index (χ0v) is 11.9. The maximum absolute atomic E-state index is 12.1. The van der Waals surface area contributed by atoms with Gasteiger partial charge in [-0.15, -0.1) is 0 Å². The van der Waals surface area contributed by atoms with Crippen LogP contribution in [0.4, 0.5) is 5.69 Å². The van der Waals surface area contributed by atoms with Crippen LogP contribution in [-0.2, 0) is 10.0 Å². The molecule has 0 atom stereocenters. The lowest BCUT2D eigenvalue weighted by Crippen LogP contribution is -2.33. The Kier molecular flexibility index (Phi) is 4.36. The molecule has 0 spiro atoms. The number of nitrogens with one attached hydrogen (secondary N) is 2. The van der Waals surface area contributed by atoms with Crippen molar-refractivity contribution >= 4 is 15.7 Å². The fourth-order valence-corrected chi connectivity index (χ4v) is 3.21. The minimum Gasteiger partial charge on any atom is -0.313 e. The molecule has 20 heavy (non-hydrogen) atoms. The van der Waals surface area contributed by atoms with Gasteiger partial charge in [-0.2, -0.15) is 0 Å². The van der Waals surface area contributed by atoms with E-state index in [-0.39, 0.29) is 22.7 Å². The summed E-state index contributed by atoms with van der Waals surface area (Å²) in [5, 5.41) is 14.0. The van der Waals surface area contributed by atoms with Gasteiger partial charge in [-0.1, -0.05) is 6.07 Å². The Balaban J connectivity index is 2.07. The first-order valence-corrected chi connectivity index (χ1v) is 7.87. The number of nitro groups is 1. The molecule has 1 aromatic rings. The molecule has 1 saturated carbocycles. The molecule has 0 bridgehead atoms. The van der Waals surface area contributed by atoms with Crippen molar-refractivity contribution in [3.8, 4) is 0 Å². The van der Waals surface area contributed by atoms with Crippen LogP contribution in [0, 0.1) is 17.0 Å². The highest BCUT2D eigenvalue weighted by atomic mass is 32.2. The highest BCUT2D eigenvalue weighted by Gasteiger charge is 2.23. The first-order chi connectivity index (χ1) is 9.42. The molecule has 0 aliphatic heterocycles. The lowest BCUT2D eigenvalue weighted by molar-refractivity contribution is -0.385. The van der Waals surface area contributed by atoms with E-state index in [1.165, 1.54) is 25.1 Å². The Morgan fingerprint density at radius 2 is 2.05 bits per heavy atom. The van der Waals surface area contributed by atoms with Crippen molar-refractivity contribution < 1.29 is 13.3 Å². The fourth-order valence-electron chi connectivity index (χ4n) is 1.92. The van der Waals surface area contributed by atoms with Gasteiger partial charge < -0.3 is 5.32 Å². The Morgan fingerprint density at radius 1 is 1.35 bits per heavy atom. The predicted octanol–water partition coefficient (Wildman–Crippen LogP) is 0.934. The van der Waals surface area contributed by atoms with Gasteiger partial charge >= 0.3 is 0 Å². The van der Waals surface area contributed by atoms with Gasteiger partial charge in [0.15, 0.2) is 0 Å². The van der Waals surface area contributed by atoms with E-state index in [1.54, 1.807) is 0 Å². The number of benzene rings is 1. The average Bonchev–Trinajstić information content (AvgIpc) is 3.18. The largest absolute Gasteiger partial charge is 0.313 e. The summed E-state index contributed by atoms with van der Waals surface area (Å²) in [6, 6.07) is 4.56. The van der Waals surface area contributed by atoms with Crippen molar-refractivity contribution in [2.45, 2.75) is 30.7 Å². The van der Waals surface area contributed by atoms with Crippen molar-refractivity contribution in [2.75, 3.05) is 13.1 Å². The molecular weight excluding hydrogens is 282 g/mol. The molecule has 1 aliphatic rings. The van der Waals surface area contributed by atoms with Crippen molar-refractivity contribution in [2.24, 2.45) is 0 Å². The molecule has 1 fully saturated rings. The minimum absolute atomic E-state index is 0.0434. The van der Waals surface area contributed by atoms with E-state index in [9.17, 15) is 18.5 Å². The number of rotatable bonds is 7. The molecule has 2 N–H and O–H groups in total. The number of sulfonamides is 1. The monoisotopic (exact) mass is 299 g/mol. The van der Waals surface area contributed by atoms with Crippen LogP contribution in [0.15, 0.2) is 23.1 Å². The summed E-state index contributed by atoms with van der Waals surface area (Å²) in [7, 11) is -3.72. The van der Waals surface area contributed by atoms with Gasteiger partial charge in [0.25, 0.3) is 5.69 Å². The van der Waals surface area contributed by atoms with E-state index in [4.69, 9.17) is 0 Å². The highest BCUT2D eigenvalue weighted by molar-refractivity contribution is 7.89. The van der Waals surface area contributed by atoms with Crippen molar-refractivity contribution in [3.05, 3.63) is 33.9 Å². The maximum Gasteiger partial charge on any atom is 0.273 e. The Hall–Kier alpha value is -1.51. The summed E-state index contributed by atoms with van der Waals surface area (Å²) in [4.78, 5) is 10.2. The molecule has 0 aromatic heterocycles. The summed E-state index contributed by atoms with van der Waals surface area (Å²) < 4.78 is 26.7. The second kappa shape index (κ2) is 5.86. The van der Waals surface area contributed by atoms with Crippen molar-refractivity contribution in [1.82, 2.24) is 10.0 Å². The zero-order chi connectivity index (χ0) is 14.8. The number of nitrogens with zero attached hydrogens (tertiary/aromatic N) is 1. The van der Waals surface area contributed by atoms with Crippen LogP contribution in [0.25, 0.3) is 0 Å². The number of hydrogen-bond donors (Lipinski definition) is 2. The lowest BCUT2D eigenvalue weighted by atomic mass is 10.2. The molecule has 0 unspecified atom stereocenters.